The van der Waals surface area contributed by atoms with Crippen LogP contribution in [0.5, 0.6) is 0 Å². The fourth-order valence-corrected chi connectivity index (χ4v) is 2.39. The van der Waals surface area contributed by atoms with Gasteiger partial charge in [0, 0.05) is 16.6 Å². The Morgan fingerprint density at radius 3 is 2.94 bits per heavy atom. The number of amides is 1. The van der Waals surface area contributed by atoms with Gasteiger partial charge in [0.2, 0.25) is 0 Å². The third kappa shape index (κ3) is 3.19. The van der Waals surface area contributed by atoms with Gasteiger partial charge in [0.15, 0.2) is 0 Å². The second kappa shape index (κ2) is 5.81. The van der Waals surface area contributed by atoms with Crippen LogP contribution >= 0.6 is 22.9 Å². The molecule has 0 aromatic carbocycles. The molecule has 0 saturated carbocycles. The zero-order chi connectivity index (χ0) is 13.0. The molecule has 1 amide bonds. The molecule has 2 aromatic heterocycles. The molecule has 18 heavy (non-hydrogen) atoms. The van der Waals surface area contributed by atoms with E-state index < -0.39 is 0 Å². The molecule has 94 valence electrons. The summed E-state index contributed by atoms with van der Waals surface area (Å²) in [5.74, 6) is 5.49. The number of pyridine rings is 1. The summed E-state index contributed by atoms with van der Waals surface area (Å²) in [6.45, 7) is 0.448. The molecular formula is C11H11ClN4OS. The minimum Gasteiger partial charge on any atom is -0.347 e. The van der Waals surface area contributed by atoms with Crippen molar-refractivity contribution in [2.45, 2.75) is 6.54 Å². The number of nitrogens with zero attached hydrogens (tertiary/aromatic N) is 1. The summed E-state index contributed by atoms with van der Waals surface area (Å²) in [6, 6.07) is 6.89. The summed E-state index contributed by atoms with van der Waals surface area (Å²) in [5.41, 5.74) is 2.89. The minimum atomic E-state index is -0.182. The van der Waals surface area contributed by atoms with E-state index in [1.165, 1.54) is 17.5 Å². The largest absolute Gasteiger partial charge is 0.347 e. The van der Waals surface area contributed by atoms with Crippen LogP contribution in [-0.2, 0) is 6.54 Å². The summed E-state index contributed by atoms with van der Waals surface area (Å²) in [7, 11) is 0. The average Bonchev–Trinajstić information content (AvgIpc) is 2.82. The molecule has 0 aliphatic heterocycles. The van der Waals surface area contributed by atoms with Gasteiger partial charge in [-0.2, -0.15) is 0 Å². The average molecular weight is 283 g/mol. The van der Waals surface area contributed by atoms with E-state index in [1.807, 2.05) is 6.07 Å². The van der Waals surface area contributed by atoms with Crippen molar-refractivity contribution in [2.24, 2.45) is 5.84 Å². The minimum absolute atomic E-state index is 0.182. The van der Waals surface area contributed by atoms with Crippen LogP contribution in [0.4, 0.5) is 5.82 Å². The van der Waals surface area contributed by atoms with Gasteiger partial charge in [0.25, 0.3) is 5.91 Å². The molecule has 2 heterocycles. The van der Waals surface area contributed by atoms with Gasteiger partial charge in [-0.25, -0.2) is 10.8 Å². The van der Waals surface area contributed by atoms with Crippen LogP contribution in [0, 0.1) is 0 Å². The SMILES string of the molecule is NNc1cc(C(=O)NCc2ccc(Cl)s2)ccn1. The lowest BCUT2D eigenvalue weighted by Gasteiger charge is -2.05. The molecule has 0 bridgehead atoms. The van der Waals surface area contributed by atoms with Crippen LogP contribution in [-0.4, -0.2) is 10.9 Å². The lowest BCUT2D eigenvalue weighted by molar-refractivity contribution is 0.0951. The van der Waals surface area contributed by atoms with Crippen molar-refractivity contribution in [3.05, 3.63) is 45.2 Å². The van der Waals surface area contributed by atoms with Crippen LogP contribution in [0.25, 0.3) is 0 Å². The number of nitrogens with two attached hydrogens (primary N) is 1. The lowest BCUT2D eigenvalue weighted by Crippen LogP contribution is -2.22. The van der Waals surface area contributed by atoms with Crippen molar-refractivity contribution in [2.75, 3.05) is 5.43 Å². The van der Waals surface area contributed by atoms with Crippen LogP contribution in [0.1, 0.15) is 15.2 Å². The van der Waals surface area contributed by atoms with E-state index in [9.17, 15) is 4.79 Å². The third-order valence-corrected chi connectivity index (χ3v) is 3.45. The van der Waals surface area contributed by atoms with Crippen LogP contribution in [0.15, 0.2) is 30.5 Å². The standard InChI is InChI=1S/C11H11ClN4OS/c12-9-2-1-8(18-9)6-15-11(17)7-3-4-14-10(5-7)16-13/h1-5H,6,13H2,(H,14,16)(H,15,17). The smallest absolute Gasteiger partial charge is 0.251 e. The summed E-state index contributed by atoms with van der Waals surface area (Å²) >= 11 is 7.25. The molecule has 7 heteroatoms. The fourth-order valence-electron chi connectivity index (χ4n) is 1.37. The summed E-state index contributed by atoms with van der Waals surface area (Å²) in [5, 5.41) is 2.80. The number of anilines is 1. The molecule has 4 N–H and O–H groups in total. The normalized spacial score (nSPS) is 10.1. The van der Waals surface area contributed by atoms with Gasteiger partial charge in [-0.3, -0.25) is 4.79 Å². The van der Waals surface area contributed by atoms with Crippen LogP contribution in [0.2, 0.25) is 4.34 Å². The van der Waals surface area contributed by atoms with E-state index in [0.717, 1.165) is 4.88 Å². The highest BCUT2D eigenvalue weighted by Gasteiger charge is 2.07. The number of halogens is 1. The van der Waals surface area contributed by atoms with Crippen molar-refractivity contribution in [1.29, 1.82) is 0 Å². The van der Waals surface area contributed by atoms with Gasteiger partial charge in [-0.1, -0.05) is 11.6 Å². The zero-order valence-electron chi connectivity index (χ0n) is 9.31. The van der Waals surface area contributed by atoms with Gasteiger partial charge in [0.1, 0.15) is 5.82 Å². The topological polar surface area (TPSA) is 80.0 Å². The Labute approximate surface area is 113 Å². The van der Waals surface area contributed by atoms with E-state index in [1.54, 1.807) is 18.2 Å². The van der Waals surface area contributed by atoms with E-state index in [0.29, 0.717) is 22.3 Å². The molecule has 2 rings (SSSR count). The van der Waals surface area contributed by atoms with Gasteiger partial charge in [0.05, 0.1) is 10.9 Å². The molecule has 2 aromatic rings. The zero-order valence-corrected chi connectivity index (χ0v) is 10.9. The maximum absolute atomic E-state index is 11.9. The van der Waals surface area contributed by atoms with Gasteiger partial charge < -0.3 is 10.7 Å². The Hall–Kier alpha value is -1.63. The Kier molecular flexibility index (Phi) is 4.14. The first-order valence-electron chi connectivity index (χ1n) is 5.14. The summed E-state index contributed by atoms with van der Waals surface area (Å²) in [4.78, 5) is 16.8. The maximum Gasteiger partial charge on any atom is 0.251 e. The van der Waals surface area contributed by atoms with Crippen molar-refractivity contribution < 1.29 is 4.79 Å². The van der Waals surface area contributed by atoms with Crippen molar-refractivity contribution >= 4 is 34.7 Å². The van der Waals surface area contributed by atoms with E-state index in [-0.39, 0.29) is 5.91 Å². The quantitative estimate of drug-likeness (QED) is 0.592. The molecule has 0 atom stereocenters. The molecule has 0 saturated heterocycles. The molecule has 0 aliphatic rings. The third-order valence-electron chi connectivity index (χ3n) is 2.22. The van der Waals surface area contributed by atoms with Crippen LogP contribution < -0.4 is 16.6 Å². The fraction of sp³-hybridized carbons (Fsp3) is 0.0909. The summed E-state index contributed by atoms with van der Waals surface area (Å²) < 4.78 is 0.706. The number of hydrogen-bond acceptors (Lipinski definition) is 5. The van der Waals surface area contributed by atoms with E-state index in [2.05, 4.69) is 15.7 Å². The number of aromatic nitrogens is 1. The first-order chi connectivity index (χ1) is 8.69. The second-order valence-electron chi connectivity index (χ2n) is 3.46. The Morgan fingerprint density at radius 2 is 2.28 bits per heavy atom. The number of hydrazine groups is 1. The maximum atomic E-state index is 11.9. The number of nitrogen functional groups attached to an aromatic ring is 1. The lowest BCUT2D eigenvalue weighted by atomic mass is 10.2. The summed E-state index contributed by atoms with van der Waals surface area (Å²) in [6.07, 6.45) is 1.52. The highest BCUT2D eigenvalue weighted by atomic mass is 35.5. The van der Waals surface area contributed by atoms with Gasteiger partial charge >= 0.3 is 0 Å². The van der Waals surface area contributed by atoms with Gasteiger partial charge in [-0.05, 0) is 24.3 Å². The van der Waals surface area contributed by atoms with Crippen molar-refractivity contribution in [3.63, 3.8) is 0 Å². The first-order valence-corrected chi connectivity index (χ1v) is 6.33. The number of hydrogen-bond donors (Lipinski definition) is 3. The molecule has 0 unspecified atom stereocenters. The molecule has 0 aliphatic carbocycles. The van der Waals surface area contributed by atoms with Crippen LogP contribution in [0.3, 0.4) is 0 Å². The number of carbonyl (C=O) groups is 1. The number of nitrogens with one attached hydrogen (secondary N) is 2. The Morgan fingerprint density at radius 1 is 1.44 bits per heavy atom. The highest BCUT2D eigenvalue weighted by Crippen LogP contribution is 2.21. The first kappa shape index (κ1) is 12.8. The molecule has 0 radical (unpaired) electrons. The van der Waals surface area contributed by atoms with Gasteiger partial charge in [-0.15, -0.1) is 11.3 Å². The molecule has 5 nitrogen and oxygen atoms in total. The molecule has 0 fully saturated rings. The number of carbonyl (C=O) groups excluding carboxylic acids is 1. The van der Waals surface area contributed by atoms with E-state index in [4.69, 9.17) is 17.4 Å². The Balaban J connectivity index is 1.99. The number of thiophene rings is 1. The highest BCUT2D eigenvalue weighted by molar-refractivity contribution is 7.16. The second-order valence-corrected chi connectivity index (χ2v) is 5.26. The van der Waals surface area contributed by atoms with E-state index >= 15 is 0 Å². The molecule has 0 spiro atoms. The number of rotatable bonds is 4. The monoisotopic (exact) mass is 282 g/mol. The predicted molar refractivity (Wildman–Crippen MR) is 72.5 cm³/mol. The van der Waals surface area contributed by atoms with Crippen molar-refractivity contribution in [3.8, 4) is 0 Å². The van der Waals surface area contributed by atoms with Crippen molar-refractivity contribution in [1.82, 2.24) is 10.3 Å². The predicted octanol–water partition coefficient (Wildman–Crippen LogP) is 2.01. The molecular weight excluding hydrogens is 272 g/mol. The Bertz CT molecular complexity index is 557.